The van der Waals surface area contributed by atoms with E-state index >= 15 is 0 Å². The highest BCUT2D eigenvalue weighted by Crippen LogP contribution is 2.32. The molecule has 0 radical (unpaired) electrons. The van der Waals surface area contributed by atoms with Gasteiger partial charge in [-0.15, -0.1) is 0 Å². The molecule has 5 nitrogen and oxygen atoms in total. The average Bonchev–Trinajstić information content (AvgIpc) is 3.20. The predicted octanol–water partition coefficient (Wildman–Crippen LogP) is 5.28. The molecule has 0 fully saturated rings. The predicted molar refractivity (Wildman–Crippen MR) is 117 cm³/mol. The maximum Gasteiger partial charge on any atom is 0.233 e. The first-order valence-corrected chi connectivity index (χ1v) is 11.3. The minimum Gasteiger partial charge on any atom is -0.419 e. The van der Waals surface area contributed by atoms with Crippen molar-refractivity contribution in [1.82, 2.24) is 4.98 Å². The molecule has 4 rings (SSSR count). The van der Waals surface area contributed by atoms with Crippen molar-refractivity contribution in [2.75, 3.05) is 11.9 Å². The molecule has 0 amide bonds. The summed E-state index contributed by atoms with van der Waals surface area (Å²) in [7, 11) is -3.92. The number of sulfone groups is 1. The molecule has 0 aliphatic rings. The smallest absolute Gasteiger partial charge is 0.233 e. The van der Waals surface area contributed by atoms with Crippen LogP contribution in [0.2, 0.25) is 0 Å². The van der Waals surface area contributed by atoms with Crippen molar-refractivity contribution in [2.24, 2.45) is 0 Å². The third-order valence-electron chi connectivity index (χ3n) is 4.82. The van der Waals surface area contributed by atoms with Crippen molar-refractivity contribution in [2.45, 2.75) is 23.3 Å². The van der Waals surface area contributed by atoms with Crippen LogP contribution in [0.25, 0.3) is 11.5 Å². The number of halogens is 1. The third-order valence-corrected chi connectivity index (χ3v) is 6.49. The Balaban J connectivity index is 1.69. The molecule has 1 aromatic heterocycles. The maximum atomic E-state index is 13.3. The van der Waals surface area contributed by atoms with Gasteiger partial charge in [0.25, 0.3) is 0 Å². The molecule has 0 unspecified atom stereocenters. The lowest BCUT2D eigenvalue weighted by Gasteiger charge is -2.06. The van der Waals surface area contributed by atoms with Gasteiger partial charge in [0.2, 0.25) is 26.6 Å². The molecule has 0 saturated heterocycles. The second-order valence-electron chi connectivity index (χ2n) is 7.14. The first-order chi connectivity index (χ1) is 14.9. The molecule has 3 aromatic carbocycles. The van der Waals surface area contributed by atoms with Crippen LogP contribution in [0.1, 0.15) is 11.1 Å². The zero-order chi connectivity index (χ0) is 21.8. The van der Waals surface area contributed by atoms with Gasteiger partial charge >= 0.3 is 0 Å². The molecule has 7 heteroatoms. The number of benzene rings is 3. The molecule has 4 aromatic rings. The molecule has 0 saturated carbocycles. The highest BCUT2D eigenvalue weighted by atomic mass is 32.2. The van der Waals surface area contributed by atoms with E-state index in [2.05, 4.69) is 10.3 Å². The normalized spacial score (nSPS) is 11.4. The van der Waals surface area contributed by atoms with Crippen LogP contribution in [0.5, 0.6) is 0 Å². The summed E-state index contributed by atoms with van der Waals surface area (Å²) in [5.41, 5.74) is 2.54. The lowest BCUT2D eigenvalue weighted by molar-refractivity contribution is 0.576. The van der Waals surface area contributed by atoms with Crippen molar-refractivity contribution >= 4 is 15.7 Å². The van der Waals surface area contributed by atoms with Crippen LogP contribution < -0.4 is 5.32 Å². The van der Waals surface area contributed by atoms with Gasteiger partial charge in [-0.1, -0.05) is 48.0 Å². The Bertz CT molecular complexity index is 1270. The number of anilines is 1. The second kappa shape index (κ2) is 8.73. The van der Waals surface area contributed by atoms with Gasteiger partial charge in [-0.05, 0) is 55.3 Å². The largest absolute Gasteiger partial charge is 0.419 e. The van der Waals surface area contributed by atoms with Crippen molar-refractivity contribution in [3.8, 4) is 11.5 Å². The molecule has 1 heterocycles. The first-order valence-electron chi connectivity index (χ1n) is 9.80. The van der Waals surface area contributed by atoms with E-state index in [4.69, 9.17) is 4.42 Å². The van der Waals surface area contributed by atoms with Crippen LogP contribution in [0.15, 0.2) is 93.2 Å². The Morgan fingerprint density at radius 1 is 0.935 bits per heavy atom. The summed E-state index contributed by atoms with van der Waals surface area (Å²) in [5.74, 6) is -0.229. The van der Waals surface area contributed by atoms with E-state index < -0.39 is 15.7 Å². The van der Waals surface area contributed by atoms with Gasteiger partial charge in [-0.25, -0.2) is 12.8 Å². The van der Waals surface area contributed by atoms with Crippen LogP contribution in [0.4, 0.5) is 10.3 Å². The number of nitrogens with one attached hydrogen (secondary N) is 1. The fourth-order valence-electron chi connectivity index (χ4n) is 3.11. The van der Waals surface area contributed by atoms with E-state index in [1.165, 1.54) is 24.3 Å². The molecule has 0 atom stereocenters. The van der Waals surface area contributed by atoms with Gasteiger partial charge in [0, 0.05) is 12.1 Å². The van der Waals surface area contributed by atoms with E-state index in [0.717, 1.165) is 11.1 Å². The lowest BCUT2D eigenvalue weighted by Crippen LogP contribution is -2.09. The van der Waals surface area contributed by atoms with Crippen LogP contribution in [-0.4, -0.2) is 19.9 Å². The molecule has 31 heavy (non-hydrogen) atoms. The molecular weight excluding hydrogens is 415 g/mol. The van der Waals surface area contributed by atoms with E-state index in [1.807, 2.05) is 37.3 Å². The topological polar surface area (TPSA) is 72.2 Å². The van der Waals surface area contributed by atoms with Gasteiger partial charge in [0.15, 0.2) is 0 Å². The maximum absolute atomic E-state index is 13.3. The minimum absolute atomic E-state index is 0.0656. The third kappa shape index (κ3) is 4.67. The number of oxazole rings is 1. The molecule has 0 spiro atoms. The summed E-state index contributed by atoms with van der Waals surface area (Å²) in [6.07, 6.45) is 0.678. The summed E-state index contributed by atoms with van der Waals surface area (Å²) in [5, 5.41) is 2.88. The second-order valence-corrected chi connectivity index (χ2v) is 9.00. The molecule has 0 bridgehead atoms. The quantitative estimate of drug-likeness (QED) is 0.427. The zero-order valence-corrected chi connectivity index (χ0v) is 17.7. The van der Waals surface area contributed by atoms with Gasteiger partial charge < -0.3 is 9.73 Å². The molecular formula is C24H21FN2O3S. The Morgan fingerprint density at radius 3 is 2.29 bits per heavy atom. The standard InChI is InChI=1S/C24H21FN2O3S/c1-17-7-13-21(14-8-17)31(28,29)24-23(26-16-15-18-5-3-2-4-6-18)30-22(27-24)19-9-11-20(25)12-10-19/h2-14,26H,15-16H2,1H3. The van der Waals surface area contributed by atoms with Gasteiger partial charge in [0.1, 0.15) is 5.82 Å². The number of hydrogen-bond donors (Lipinski definition) is 1. The van der Waals surface area contributed by atoms with Crippen molar-refractivity contribution < 1.29 is 17.2 Å². The number of aryl methyl sites for hydroxylation is 1. The van der Waals surface area contributed by atoms with Crippen molar-refractivity contribution in [3.63, 3.8) is 0 Å². The Morgan fingerprint density at radius 2 is 1.61 bits per heavy atom. The molecule has 0 aliphatic heterocycles. The van der Waals surface area contributed by atoms with E-state index in [9.17, 15) is 12.8 Å². The SMILES string of the molecule is Cc1ccc(S(=O)(=O)c2nc(-c3ccc(F)cc3)oc2NCCc2ccccc2)cc1. The zero-order valence-electron chi connectivity index (χ0n) is 16.9. The summed E-state index contributed by atoms with van der Waals surface area (Å²) < 4.78 is 45.6. The van der Waals surface area contributed by atoms with E-state index in [1.54, 1.807) is 24.3 Å². The van der Waals surface area contributed by atoms with Crippen molar-refractivity contribution in [3.05, 3.63) is 95.8 Å². The summed E-state index contributed by atoms with van der Waals surface area (Å²) in [4.78, 5) is 4.39. The van der Waals surface area contributed by atoms with Crippen LogP contribution in [0, 0.1) is 12.7 Å². The summed E-state index contributed by atoms with van der Waals surface area (Å²) in [6.45, 7) is 2.34. The fourth-order valence-corrected chi connectivity index (χ4v) is 4.39. The Labute approximate surface area is 180 Å². The van der Waals surface area contributed by atoms with Gasteiger partial charge in [-0.3, -0.25) is 0 Å². The molecule has 158 valence electrons. The Hall–Kier alpha value is -3.45. The summed E-state index contributed by atoms with van der Waals surface area (Å²) in [6, 6.07) is 21.9. The Kier molecular flexibility index (Phi) is 5.86. The average molecular weight is 437 g/mol. The summed E-state index contributed by atoms with van der Waals surface area (Å²) >= 11 is 0. The van der Waals surface area contributed by atoms with E-state index in [0.29, 0.717) is 18.5 Å². The van der Waals surface area contributed by atoms with Crippen LogP contribution >= 0.6 is 0 Å². The number of hydrogen-bond acceptors (Lipinski definition) is 5. The van der Waals surface area contributed by atoms with Gasteiger partial charge in [-0.2, -0.15) is 4.98 Å². The molecule has 1 N–H and O–H groups in total. The number of rotatable bonds is 7. The van der Waals surface area contributed by atoms with Gasteiger partial charge in [0.05, 0.1) is 4.90 Å². The fraction of sp³-hybridized carbons (Fsp3) is 0.125. The number of nitrogens with zero attached hydrogens (tertiary/aromatic N) is 1. The van der Waals surface area contributed by atoms with Crippen LogP contribution in [-0.2, 0) is 16.3 Å². The lowest BCUT2D eigenvalue weighted by atomic mass is 10.1. The van der Waals surface area contributed by atoms with E-state index in [-0.39, 0.29) is 21.7 Å². The minimum atomic E-state index is -3.92. The van der Waals surface area contributed by atoms with Crippen LogP contribution in [0.3, 0.4) is 0 Å². The van der Waals surface area contributed by atoms with Crippen molar-refractivity contribution in [1.29, 1.82) is 0 Å². The number of aromatic nitrogens is 1. The highest BCUT2D eigenvalue weighted by Gasteiger charge is 2.28. The monoisotopic (exact) mass is 436 g/mol. The molecule has 0 aliphatic carbocycles. The first kappa shape index (κ1) is 20.8. The highest BCUT2D eigenvalue weighted by molar-refractivity contribution is 7.91.